The molecule has 1 aliphatic heterocycles. The minimum Gasteiger partial charge on any atom is -0.291 e. The third kappa shape index (κ3) is 4.06. The lowest BCUT2D eigenvalue weighted by molar-refractivity contribution is 0.227. The molecule has 104 valence electrons. The highest BCUT2D eigenvalue weighted by Gasteiger charge is 2.31. The van der Waals surface area contributed by atoms with Crippen molar-refractivity contribution in [2.75, 3.05) is 18.1 Å². The second kappa shape index (κ2) is 6.07. The van der Waals surface area contributed by atoms with Crippen molar-refractivity contribution in [2.24, 2.45) is 0 Å². The molecule has 0 N–H and O–H groups in total. The van der Waals surface area contributed by atoms with Crippen LogP contribution in [-0.2, 0) is 16.4 Å². The molecular weight excluding hydrogens is 282 g/mol. The highest BCUT2D eigenvalue weighted by Crippen LogP contribution is 2.21. The van der Waals surface area contributed by atoms with E-state index in [4.69, 9.17) is 11.6 Å². The van der Waals surface area contributed by atoms with Crippen LogP contribution in [0.25, 0.3) is 0 Å². The lowest BCUT2D eigenvalue weighted by Crippen LogP contribution is -2.35. The van der Waals surface area contributed by atoms with Crippen molar-refractivity contribution >= 4 is 21.4 Å². The molecule has 1 aromatic rings. The van der Waals surface area contributed by atoms with Crippen LogP contribution >= 0.6 is 11.6 Å². The Labute approximate surface area is 119 Å². The first kappa shape index (κ1) is 14.6. The molecule has 1 aromatic carbocycles. The molecule has 0 aliphatic carbocycles. The van der Waals surface area contributed by atoms with Gasteiger partial charge < -0.3 is 0 Å². The molecule has 0 amide bonds. The van der Waals surface area contributed by atoms with E-state index in [0.29, 0.717) is 30.3 Å². The van der Waals surface area contributed by atoms with Gasteiger partial charge in [-0.25, -0.2) is 8.42 Å². The number of sulfone groups is 1. The van der Waals surface area contributed by atoms with Gasteiger partial charge in [0, 0.05) is 24.2 Å². The van der Waals surface area contributed by atoms with E-state index in [0.717, 1.165) is 5.56 Å². The number of benzene rings is 1. The van der Waals surface area contributed by atoms with E-state index in [2.05, 4.69) is 11.5 Å². The van der Waals surface area contributed by atoms with Crippen molar-refractivity contribution in [1.82, 2.24) is 4.90 Å². The van der Waals surface area contributed by atoms with E-state index >= 15 is 0 Å². The average molecular weight is 300 g/mol. The standard InChI is InChI=1S/C14H18ClNO2S/c1-2-7-16(14-6-8-19(17,18)11-14)10-12-4-3-5-13(15)9-12/h2-5,9,14H,1,6-8,10-11H2/t14-/m0/s1. The summed E-state index contributed by atoms with van der Waals surface area (Å²) in [5.41, 5.74) is 1.10. The van der Waals surface area contributed by atoms with Crippen LogP contribution in [0.5, 0.6) is 0 Å². The molecule has 1 aliphatic rings. The van der Waals surface area contributed by atoms with E-state index in [-0.39, 0.29) is 11.8 Å². The van der Waals surface area contributed by atoms with Crippen molar-refractivity contribution in [2.45, 2.75) is 19.0 Å². The van der Waals surface area contributed by atoms with Crippen LogP contribution in [0.2, 0.25) is 5.02 Å². The van der Waals surface area contributed by atoms with Gasteiger partial charge in [0.2, 0.25) is 0 Å². The summed E-state index contributed by atoms with van der Waals surface area (Å²) in [4.78, 5) is 2.16. The summed E-state index contributed by atoms with van der Waals surface area (Å²) >= 11 is 5.98. The zero-order chi connectivity index (χ0) is 13.9. The van der Waals surface area contributed by atoms with E-state index in [9.17, 15) is 8.42 Å². The fraction of sp³-hybridized carbons (Fsp3) is 0.429. The van der Waals surface area contributed by atoms with Crippen molar-refractivity contribution in [1.29, 1.82) is 0 Å². The maximum absolute atomic E-state index is 11.6. The molecule has 1 saturated heterocycles. The van der Waals surface area contributed by atoms with Crippen molar-refractivity contribution < 1.29 is 8.42 Å². The summed E-state index contributed by atoms with van der Waals surface area (Å²) in [5, 5.41) is 0.704. The summed E-state index contributed by atoms with van der Waals surface area (Å²) in [6.07, 6.45) is 2.52. The first-order valence-electron chi connectivity index (χ1n) is 6.30. The SMILES string of the molecule is C=CCN(Cc1cccc(Cl)c1)[C@H]1CCS(=O)(=O)C1. The maximum atomic E-state index is 11.6. The first-order valence-corrected chi connectivity index (χ1v) is 8.50. The van der Waals surface area contributed by atoms with Crippen LogP contribution < -0.4 is 0 Å². The normalized spacial score (nSPS) is 21.7. The Morgan fingerprint density at radius 2 is 2.26 bits per heavy atom. The molecule has 5 heteroatoms. The lowest BCUT2D eigenvalue weighted by atomic mass is 10.1. The minimum atomic E-state index is -2.86. The molecular formula is C14H18ClNO2S. The molecule has 1 atom stereocenters. The van der Waals surface area contributed by atoms with Gasteiger partial charge in [-0.2, -0.15) is 0 Å². The van der Waals surface area contributed by atoms with Crippen molar-refractivity contribution in [3.8, 4) is 0 Å². The minimum absolute atomic E-state index is 0.0852. The van der Waals surface area contributed by atoms with Crippen LogP contribution in [-0.4, -0.2) is 37.4 Å². The van der Waals surface area contributed by atoms with Gasteiger partial charge in [-0.15, -0.1) is 6.58 Å². The lowest BCUT2D eigenvalue weighted by Gasteiger charge is -2.26. The second-order valence-electron chi connectivity index (χ2n) is 4.90. The predicted molar refractivity (Wildman–Crippen MR) is 79.1 cm³/mol. The quantitative estimate of drug-likeness (QED) is 0.784. The van der Waals surface area contributed by atoms with Gasteiger partial charge >= 0.3 is 0 Å². The molecule has 0 saturated carbocycles. The Morgan fingerprint density at radius 1 is 1.47 bits per heavy atom. The summed E-state index contributed by atoms with van der Waals surface area (Å²) in [5.74, 6) is 0.544. The van der Waals surface area contributed by atoms with Gasteiger partial charge in [0.1, 0.15) is 0 Å². The largest absolute Gasteiger partial charge is 0.291 e. The zero-order valence-corrected chi connectivity index (χ0v) is 12.3. The van der Waals surface area contributed by atoms with Gasteiger partial charge in [0.05, 0.1) is 11.5 Å². The molecule has 0 radical (unpaired) electrons. The Morgan fingerprint density at radius 3 is 2.84 bits per heavy atom. The van der Waals surface area contributed by atoms with E-state index in [1.54, 1.807) is 0 Å². The molecule has 1 heterocycles. The molecule has 19 heavy (non-hydrogen) atoms. The van der Waals surface area contributed by atoms with Crippen LogP contribution in [0, 0.1) is 0 Å². The Hall–Kier alpha value is -0.840. The van der Waals surface area contributed by atoms with Crippen molar-refractivity contribution in [3.05, 3.63) is 47.5 Å². The van der Waals surface area contributed by atoms with Gasteiger partial charge in [0.15, 0.2) is 9.84 Å². The topological polar surface area (TPSA) is 37.4 Å². The van der Waals surface area contributed by atoms with Crippen LogP contribution in [0.3, 0.4) is 0 Å². The Bertz CT molecular complexity index is 556. The third-order valence-corrected chi connectivity index (χ3v) is 5.35. The average Bonchev–Trinajstić information content (AvgIpc) is 2.69. The smallest absolute Gasteiger partial charge is 0.151 e. The van der Waals surface area contributed by atoms with Crippen LogP contribution in [0.4, 0.5) is 0 Å². The summed E-state index contributed by atoms with van der Waals surface area (Å²) in [6, 6.07) is 7.76. The zero-order valence-electron chi connectivity index (χ0n) is 10.8. The fourth-order valence-corrected chi connectivity index (χ4v) is 4.42. The highest BCUT2D eigenvalue weighted by atomic mass is 35.5. The molecule has 0 unspecified atom stereocenters. The fourth-order valence-electron chi connectivity index (χ4n) is 2.44. The molecule has 0 spiro atoms. The summed E-state index contributed by atoms with van der Waals surface area (Å²) in [6.45, 7) is 5.14. The van der Waals surface area contributed by atoms with Gasteiger partial charge in [-0.1, -0.05) is 29.8 Å². The first-order chi connectivity index (χ1) is 9.00. The van der Waals surface area contributed by atoms with Crippen molar-refractivity contribution in [3.63, 3.8) is 0 Å². The maximum Gasteiger partial charge on any atom is 0.151 e. The van der Waals surface area contributed by atoms with E-state index in [1.807, 2.05) is 30.3 Å². The molecule has 2 rings (SSSR count). The number of rotatable bonds is 5. The Kier molecular flexibility index (Phi) is 4.66. The van der Waals surface area contributed by atoms with Gasteiger partial charge in [-0.05, 0) is 24.1 Å². The highest BCUT2D eigenvalue weighted by molar-refractivity contribution is 7.91. The predicted octanol–water partition coefficient (Wildman–Crippen LogP) is 2.52. The number of nitrogens with zero attached hydrogens (tertiary/aromatic N) is 1. The second-order valence-corrected chi connectivity index (χ2v) is 7.57. The Balaban J connectivity index is 2.10. The number of hydrogen-bond donors (Lipinski definition) is 0. The van der Waals surface area contributed by atoms with Crippen LogP contribution in [0.1, 0.15) is 12.0 Å². The van der Waals surface area contributed by atoms with Gasteiger partial charge in [0.25, 0.3) is 0 Å². The van der Waals surface area contributed by atoms with E-state index in [1.165, 1.54) is 0 Å². The number of halogens is 1. The number of hydrogen-bond acceptors (Lipinski definition) is 3. The van der Waals surface area contributed by atoms with Crippen LogP contribution in [0.15, 0.2) is 36.9 Å². The monoisotopic (exact) mass is 299 g/mol. The molecule has 0 aromatic heterocycles. The van der Waals surface area contributed by atoms with Gasteiger partial charge in [-0.3, -0.25) is 4.90 Å². The molecule has 1 fully saturated rings. The summed E-state index contributed by atoms with van der Waals surface area (Å²) < 4.78 is 23.2. The molecule has 0 bridgehead atoms. The summed E-state index contributed by atoms with van der Waals surface area (Å²) in [7, 11) is -2.86. The molecule has 3 nitrogen and oxygen atoms in total. The third-order valence-electron chi connectivity index (χ3n) is 3.36. The van der Waals surface area contributed by atoms with E-state index < -0.39 is 9.84 Å².